The molecule has 7 nitrogen and oxygen atoms in total. The van der Waals surface area contributed by atoms with Crippen molar-refractivity contribution in [3.05, 3.63) is 72.3 Å². The van der Waals surface area contributed by atoms with Crippen LogP contribution in [0.4, 0.5) is 10.5 Å². The lowest BCUT2D eigenvalue weighted by Crippen LogP contribution is -2.37. The van der Waals surface area contributed by atoms with E-state index < -0.39 is 30.2 Å². The zero-order valence-corrected chi connectivity index (χ0v) is 15.5. The van der Waals surface area contributed by atoms with Crippen LogP contribution in [0.3, 0.4) is 0 Å². The maximum atomic E-state index is 12.7. The van der Waals surface area contributed by atoms with Crippen LogP contribution in [0.2, 0.25) is 0 Å². The zero-order valence-electron chi connectivity index (χ0n) is 15.5. The molecule has 4 amide bonds. The Kier molecular flexibility index (Phi) is 4.56. The normalized spacial score (nSPS) is 14.0. The molecule has 0 aromatic heterocycles. The number of amides is 4. The number of hydrogen-bond donors (Lipinski definition) is 0. The quantitative estimate of drug-likeness (QED) is 0.381. The fourth-order valence-electron chi connectivity index (χ4n) is 3.20. The Labute approximate surface area is 166 Å². The van der Waals surface area contributed by atoms with Crippen LogP contribution in [-0.2, 0) is 9.59 Å². The topological polar surface area (TPSA) is 84.0 Å². The molecule has 3 aromatic carbocycles. The second kappa shape index (κ2) is 7.20. The first-order valence-corrected chi connectivity index (χ1v) is 8.85. The number of ketones is 1. The van der Waals surface area contributed by atoms with Gasteiger partial charge < -0.3 is 4.74 Å². The van der Waals surface area contributed by atoms with E-state index in [1.54, 1.807) is 30.3 Å². The van der Waals surface area contributed by atoms with Crippen molar-refractivity contribution in [2.45, 2.75) is 0 Å². The number of fused-ring (bicyclic) bond motifs is 1. The number of carbonyl (C=O) groups is 4. The van der Waals surface area contributed by atoms with Gasteiger partial charge in [-0.1, -0.05) is 36.4 Å². The number of rotatable bonds is 5. The van der Waals surface area contributed by atoms with Gasteiger partial charge in [0.1, 0.15) is 5.75 Å². The van der Waals surface area contributed by atoms with E-state index >= 15 is 0 Å². The van der Waals surface area contributed by atoms with Gasteiger partial charge in [-0.3, -0.25) is 14.4 Å². The van der Waals surface area contributed by atoms with Crippen molar-refractivity contribution in [1.82, 2.24) is 4.90 Å². The van der Waals surface area contributed by atoms with Crippen molar-refractivity contribution >= 4 is 40.1 Å². The smallest absolute Gasteiger partial charge is 0.339 e. The Morgan fingerprint density at radius 2 is 1.55 bits per heavy atom. The summed E-state index contributed by atoms with van der Waals surface area (Å²) in [6, 6.07) is 18.0. The largest absolute Gasteiger partial charge is 0.497 e. The molecule has 1 heterocycles. The minimum Gasteiger partial charge on any atom is -0.497 e. The van der Waals surface area contributed by atoms with Gasteiger partial charge in [0.15, 0.2) is 5.78 Å². The summed E-state index contributed by atoms with van der Waals surface area (Å²) < 4.78 is 5.05. The molecule has 1 aliphatic rings. The van der Waals surface area contributed by atoms with Crippen LogP contribution in [-0.4, -0.2) is 42.2 Å². The summed E-state index contributed by atoms with van der Waals surface area (Å²) in [5.74, 6) is -1.91. The van der Waals surface area contributed by atoms with E-state index in [9.17, 15) is 19.2 Å². The van der Waals surface area contributed by atoms with Crippen molar-refractivity contribution in [2.24, 2.45) is 0 Å². The molecule has 144 valence electrons. The average Bonchev–Trinajstić information content (AvgIpc) is 2.96. The minimum atomic E-state index is -1.03. The van der Waals surface area contributed by atoms with Gasteiger partial charge in [0.2, 0.25) is 0 Å². The van der Waals surface area contributed by atoms with E-state index in [2.05, 4.69) is 0 Å². The molecule has 4 rings (SSSR count). The first-order chi connectivity index (χ1) is 14.0. The average molecular weight is 388 g/mol. The lowest BCUT2D eigenvalue weighted by molar-refractivity contribution is -0.139. The first kappa shape index (κ1) is 18.4. The number of imide groups is 2. The SMILES string of the molecule is COc1ccc(N2C(=O)C(=O)N(CC(=O)c3ccc4ccccc4c3)C2=O)cc1. The van der Waals surface area contributed by atoms with Gasteiger partial charge in [-0.2, -0.15) is 0 Å². The summed E-state index contributed by atoms with van der Waals surface area (Å²) in [6.07, 6.45) is 0. The molecule has 1 aliphatic heterocycles. The number of ether oxygens (including phenoxy) is 1. The van der Waals surface area contributed by atoms with E-state index in [1.807, 2.05) is 24.3 Å². The first-order valence-electron chi connectivity index (χ1n) is 8.85. The molecule has 0 N–H and O–H groups in total. The molecule has 0 atom stereocenters. The molecule has 1 fully saturated rings. The standard InChI is InChI=1S/C22H16N2O5/c1-29-18-10-8-17(9-11-18)24-21(27)20(26)23(22(24)28)13-19(25)16-7-6-14-4-2-3-5-15(14)12-16/h2-12H,13H2,1H3. The number of Topliss-reactive ketones (excluding diaryl/α,β-unsaturated/α-hetero) is 1. The predicted molar refractivity (Wildman–Crippen MR) is 106 cm³/mol. The monoisotopic (exact) mass is 388 g/mol. The van der Waals surface area contributed by atoms with E-state index in [-0.39, 0.29) is 5.69 Å². The molecule has 0 spiro atoms. The van der Waals surface area contributed by atoms with Gasteiger partial charge in [0.05, 0.1) is 19.3 Å². The molecular formula is C22H16N2O5. The van der Waals surface area contributed by atoms with Crippen LogP contribution in [0.15, 0.2) is 66.7 Å². The zero-order chi connectivity index (χ0) is 20.5. The Morgan fingerprint density at radius 3 is 2.24 bits per heavy atom. The maximum absolute atomic E-state index is 12.7. The number of hydrogen-bond acceptors (Lipinski definition) is 5. The number of urea groups is 1. The van der Waals surface area contributed by atoms with Gasteiger partial charge in [-0.05, 0) is 41.1 Å². The fraction of sp³-hybridized carbons (Fsp3) is 0.0909. The number of nitrogens with zero attached hydrogens (tertiary/aromatic N) is 2. The second-order valence-electron chi connectivity index (χ2n) is 6.50. The van der Waals surface area contributed by atoms with Crippen molar-refractivity contribution in [3.63, 3.8) is 0 Å². The second-order valence-corrected chi connectivity index (χ2v) is 6.50. The molecule has 0 bridgehead atoms. The molecule has 0 unspecified atom stereocenters. The Hall–Kier alpha value is -4.00. The highest BCUT2D eigenvalue weighted by Gasteiger charge is 2.46. The molecule has 0 aliphatic carbocycles. The third-order valence-corrected chi connectivity index (χ3v) is 4.76. The Morgan fingerprint density at radius 1 is 0.862 bits per heavy atom. The van der Waals surface area contributed by atoms with Crippen LogP contribution in [0.1, 0.15) is 10.4 Å². The number of benzene rings is 3. The van der Waals surface area contributed by atoms with Gasteiger partial charge in [-0.15, -0.1) is 0 Å². The van der Waals surface area contributed by atoms with Crippen molar-refractivity contribution in [2.75, 3.05) is 18.6 Å². The van der Waals surface area contributed by atoms with Crippen LogP contribution in [0.25, 0.3) is 10.8 Å². The molecule has 0 radical (unpaired) electrons. The highest BCUT2D eigenvalue weighted by molar-refractivity contribution is 6.53. The molecule has 7 heteroatoms. The van der Waals surface area contributed by atoms with Crippen LogP contribution >= 0.6 is 0 Å². The summed E-state index contributed by atoms with van der Waals surface area (Å²) >= 11 is 0. The molecule has 0 saturated carbocycles. The third kappa shape index (κ3) is 3.23. The molecule has 1 saturated heterocycles. The molecular weight excluding hydrogens is 372 g/mol. The Bertz CT molecular complexity index is 1150. The summed E-state index contributed by atoms with van der Waals surface area (Å²) in [7, 11) is 1.49. The van der Waals surface area contributed by atoms with Crippen molar-refractivity contribution < 1.29 is 23.9 Å². The van der Waals surface area contributed by atoms with Crippen LogP contribution < -0.4 is 9.64 Å². The highest BCUT2D eigenvalue weighted by Crippen LogP contribution is 2.25. The highest BCUT2D eigenvalue weighted by atomic mass is 16.5. The number of methoxy groups -OCH3 is 1. The van der Waals surface area contributed by atoms with E-state index in [1.165, 1.54) is 19.2 Å². The lowest BCUT2D eigenvalue weighted by Gasteiger charge is -2.15. The predicted octanol–water partition coefficient (Wildman–Crippen LogP) is 3.03. The summed E-state index contributed by atoms with van der Waals surface area (Å²) in [6.45, 7) is -0.506. The molecule has 29 heavy (non-hydrogen) atoms. The van der Waals surface area contributed by atoms with E-state index in [4.69, 9.17) is 4.74 Å². The van der Waals surface area contributed by atoms with Gasteiger partial charge in [0.25, 0.3) is 0 Å². The summed E-state index contributed by atoms with van der Waals surface area (Å²) in [4.78, 5) is 51.5. The number of anilines is 1. The lowest BCUT2D eigenvalue weighted by atomic mass is 10.0. The third-order valence-electron chi connectivity index (χ3n) is 4.76. The van der Waals surface area contributed by atoms with Crippen LogP contribution in [0.5, 0.6) is 5.75 Å². The fourth-order valence-corrected chi connectivity index (χ4v) is 3.20. The van der Waals surface area contributed by atoms with Crippen molar-refractivity contribution in [1.29, 1.82) is 0 Å². The van der Waals surface area contributed by atoms with Gasteiger partial charge in [-0.25, -0.2) is 14.6 Å². The van der Waals surface area contributed by atoms with Crippen LogP contribution in [0, 0.1) is 0 Å². The Balaban J connectivity index is 1.57. The molecule has 3 aromatic rings. The maximum Gasteiger partial charge on any atom is 0.339 e. The summed E-state index contributed by atoms with van der Waals surface area (Å²) in [5.41, 5.74) is 0.592. The minimum absolute atomic E-state index is 0.231. The van der Waals surface area contributed by atoms with Crippen molar-refractivity contribution in [3.8, 4) is 5.75 Å². The van der Waals surface area contributed by atoms with Gasteiger partial charge in [0, 0.05) is 5.56 Å². The van der Waals surface area contributed by atoms with E-state index in [0.29, 0.717) is 16.2 Å². The number of carbonyl (C=O) groups excluding carboxylic acids is 4. The summed E-state index contributed by atoms with van der Waals surface area (Å²) in [5, 5.41) is 1.84. The van der Waals surface area contributed by atoms with Gasteiger partial charge >= 0.3 is 17.8 Å². The van der Waals surface area contributed by atoms with E-state index in [0.717, 1.165) is 15.7 Å².